The minimum atomic E-state index is -1.28. The van der Waals surface area contributed by atoms with Gasteiger partial charge in [0, 0.05) is 88.0 Å². The molecule has 4 atom stereocenters. The van der Waals surface area contributed by atoms with Crippen LogP contribution in [0.2, 0.25) is 5.28 Å². The highest BCUT2D eigenvalue weighted by atomic mass is 35.5. The molecule has 2 aromatic carbocycles. The SMILES string of the molecule is CC(C)(C)OC(=O)N1CCC(n2cc(N)cn2)C(F)C1.CS.Cc1cc(-c2ccnc(Cl)n2)ccc1CCC(=O)N1CC(OC(C)C)C1.Cc1cc(-c2ccnc(Nc3cnn([C@H]4CCN(C(=O)OC(C)(C)C)C[C@@H]4F)c3)n2)ccc1CCC(=O)N1CC(OC(C)C)C1. The molecule has 8 heterocycles. The largest absolute Gasteiger partial charge is 0.444 e. The fraction of sp³-hybridized carbons (Fsp3) is 0.552. The van der Waals surface area contributed by atoms with Crippen molar-refractivity contribution in [1.82, 2.24) is 59.1 Å². The third-order valence-corrected chi connectivity index (χ3v) is 15.8. The van der Waals surface area contributed by atoms with Gasteiger partial charge in [-0.25, -0.2) is 38.3 Å². The lowest BCUT2D eigenvalue weighted by atomic mass is 9.99. The number of nitrogens with two attached hydrogens (primary N) is 1. The molecule has 0 aliphatic carbocycles. The van der Waals surface area contributed by atoms with E-state index in [0.717, 1.165) is 45.6 Å². The van der Waals surface area contributed by atoms with E-state index >= 15 is 4.39 Å². The van der Waals surface area contributed by atoms with Crippen LogP contribution in [-0.2, 0) is 41.4 Å². The molecule has 6 aromatic rings. The Morgan fingerprint density at radius 3 is 1.48 bits per heavy atom. The Bertz CT molecular complexity index is 3440. The first kappa shape index (κ1) is 72.9. The number of carbonyl (C=O) groups is 4. The van der Waals surface area contributed by atoms with E-state index in [2.05, 4.69) is 79.3 Å². The number of thiol groups is 1. The quantitative estimate of drug-likeness (QED) is 0.0602. The van der Waals surface area contributed by atoms with Crippen molar-refractivity contribution < 1.29 is 46.9 Å². The van der Waals surface area contributed by atoms with E-state index in [4.69, 9.17) is 36.3 Å². The van der Waals surface area contributed by atoms with Gasteiger partial charge < -0.3 is 49.6 Å². The van der Waals surface area contributed by atoms with Gasteiger partial charge in [0.25, 0.3) is 0 Å². The van der Waals surface area contributed by atoms with Gasteiger partial charge in [-0.2, -0.15) is 22.8 Å². The maximum atomic E-state index is 15.1. The lowest BCUT2D eigenvalue weighted by molar-refractivity contribution is -0.148. The van der Waals surface area contributed by atoms with Crippen molar-refractivity contribution >= 4 is 65.6 Å². The number of hydrogen-bond acceptors (Lipinski definition) is 17. The summed E-state index contributed by atoms with van der Waals surface area (Å²) in [6, 6.07) is 15.1. The van der Waals surface area contributed by atoms with Gasteiger partial charge in [0.15, 0.2) is 0 Å². The Morgan fingerprint density at radius 2 is 1.08 bits per heavy atom. The molecule has 26 heteroatoms. The van der Waals surface area contributed by atoms with Gasteiger partial charge in [0.2, 0.25) is 23.0 Å². The third kappa shape index (κ3) is 21.8. The number of amides is 4. The number of nitrogens with one attached hydrogen (secondary N) is 1. The molecule has 0 radical (unpaired) electrons. The molecule has 4 amide bonds. The monoisotopic (exact) mass is 1330 g/mol. The predicted molar refractivity (Wildman–Crippen MR) is 359 cm³/mol. The normalized spacial score (nSPS) is 18.4. The van der Waals surface area contributed by atoms with E-state index in [1.54, 1.807) is 83.5 Å². The minimum absolute atomic E-state index is 0.0132. The van der Waals surface area contributed by atoms with E-state index in [-0.39, 0.29) is 60.6 Å². The summed E-state index contributed by atoms with van der Waals surface area (Å²) in [7, 11) is 0. The fourth-order valence-corrected chi connectivity index (χ4v) is 11.1. The summed E-state index contributed by atoms with van der Waals surface area (Å²) < 4.78 is 54.6. The Morgan fingerprint density at radius 1 is 0.634 bits per heavy atom. The van der Waals surface area contributed by atoms with Gasteiger partial charge in [0.1, 0.15) is 23.5 Å². The van der Waals surface area contributed by atoms with Crippen LogP contribution in [0.1, 0.15) is 129 Å². The van der Waals surface area contributed by atoms with Crippen LogP contribution in [0, 0.1) is 13.8 Å². The number of aryl methyl sites for hydroxylation is 4. The summed E-state index contributed by atoms with van der Waals surface area (Å²) in [6.07, 6.45) is 12.1. The molecule has 0 bridgehead atoms. The number of halogens is 3. The molecule has 93 heavy (non-hydrogen) atoms. The fourth-order valence-electron chi connectivity index (χ4n) is 11.0. The summed E-state index contributed by atoms with van der Waals surface area (Å²) in [5.74, 6) is 0.745. The van der Waals surface area contributed by atoms with E-state index in [1.807, 2.05) is 68.7 Å². The molecule has 2 unspecified atom stereocenters. The number of benzene rings is 2. The van der Waals surface area contributed by atoms with Crippen LogP contribution in [0.25, 0.3) is 22.5 Å². The van der Waals surface area contributed by atoms with Crippen molar-refractivity contribution in [3.63, 3.8) is 0 Å². The van der Waals surface area contributed by atoms with E-state index in [1.165, 1.54) is 26.2 Å². The number of alkyl halides is 2. The average Bonchev–Trinajstić information content (AvgIpc) is 2.14. The summed E-state index contributed by atoms with van der Waals surface area (Å²) in [4.78, 5) is 72.9. The zero-order chi connectivity index (χ0) is 67.9. The van der Waals surface area contributed by atoms with E-state index in [9.17, 15) is 23.6 Å². The highest BCUT2D eigenvalue weighted by molar-refractivity contribution is 7.79. The number of nitrogen functional groups attached to an aromatic ring is 1. The standard InChI is InChI=1S/C33H44FN7O4.C20H24ClN3O2.C13H21FN4O2.CH4S/c1-21(2)44-26-18-40(19-26)30(42)10-9-23-7-8-24(15-22(23)3)28-11-13-35-31(38-28)37-25-16-36-41(17-25)29-12-14-39(20-27(29)34)32(43)45-33(4,5)6;1-13(2)26-17-11-24(12-17)19(25)7-6-15-4-5-16(10-14(15)3)18-8-9-22-20(21)23-18;1-13(2,3)20-12(19)17-5-4-11(10(14)8-17)18-7-9(15)6-16-18;1-2/h7-8,11,13,15-17,21,26-27,29H,9-10,12,14,18-20H2,1-6H3,(H,35,37,38);4-5,8-10,13,17H,6-7,11-12H2,1-3H3;6-7,10-11H,4-5,8,15H2,1-3H3;2H,1H3/t27-,29-;;;/m0.../s1. The summed E-state index contributed by atoms with van der Waals surface area (Å²) in [5, 5.41) is 11.8. The highest BCUT2D eigenvalue weighted by Crippen LogP contribution is 2.31. The lowest BCUT2D eigenvalue weighted by Gasteiger charge is -2.40. The zero-order valence-electron chi connectivity index (χ0n) is 55.9. The Kier molecular flexibility index (Phi) is 25.9. The zero-order valence-corrected chi connectivity index (χ0v) is 57.5. The summed E-state index contributed by atoms with van der Waals surface area (Å²) >= 11 is 9.39. The van der Waals surface area contributed by atoms with Crippen LogP contribution in [0.15, 0.2) is 85.7 Å². The molecular formula is C67H93ClF2N14O8S. The molecular weight excluding hydrogens is 1230 g/mol. The molecule has 4 fully saturated rings. The minimum Gasteiger partial charge on any atom is -0.444 e. The van der Waals surface area contributed by atoms with Gasteiger partial charge in [-0.05, 0) is 173 Å². The summed E-state index contributed by atoms with van der Waals surface area (Å²) in [6.45, 7) is 26.5. The number of likely N-dealkylation sites (tertiary alicyclic amines) is 4. The van der Waals surface area contributed by atoms with Crippen LogP contribution in [0.4, 0.5) is 35.7 Å². The molecule has 22 nitrogen and oxygen atoms in total. The van der Waals surface area contributed by atoms with Crippen molar-refractivity contribution in [3.8, 4) is 22.5 Å². The first-order chi connectivity index (χ1) is 44.0. The van der Waals surface area contributed by atoms with Gasteiger partial charge in [0.05, 0.1) is 84.7 Å². The molecule has 10 rings (SSSR count). The molecule has 4 aliphatic heterocycles. The van der Waals surface area contributed by atoms with Gasteiger partial charge in [-0.1, -0.05) is 24.3 Å². The second-order valence-corrected chi connectivity index (χ2v) is 26.5. The Hall–Kier alpha value is -7.48. The van der Waals surface area contributed by atoms with Crippen molar-refractivity contribution in [1.29, 1.82) is 0 Å². The highest BCUT2D eigenvalue weighted by Gasteiger charge is 2.38. The van der Waals surface area contributed by atoms with Crippen LogP contribution in [0.3, 0.4) is 0 Å². The number of ether oxygens (including phenoxy) is 4. The molecule has 3 N–H and O–H groups in total. The van der Waals surface area contributed by atoms with Crippen molar-refractivity contribution in [2.75, 3.05) is 69.7 Å². The van der Waals surface area contributed by atoms with Crippen molar-refractivity contribution in [2.45, 2.75) is 182 Å². The predicted octanol–water partition coefficient (Wildman–Crippen LogP) is 11.7. The smallest absolute Gasteiger partial charge is 0.410 e. The second kappa shape index (κ2) is 33.1. The van der Waals surface area contributed by atoms with Crippen LogP contribution < -0.4 is 11.1 Å². The second-order valence-electron chi connectivity index (χ2n) is 26.2. The topological polar surface area (TPSA) is 243 Å². The van der Waals surface area contributed by atoms with Crippen LogP contribution >= 0.6 is 24.2 Å². The van der Waals surface area contributed by atoms with E-state index < -0.39 is 41.8 Å². The van der Waals surface area contributed by atoms with Crippen molar-refractivity contribution in [2.24, 2.45) is 0 Å². The summed E-state index contributed by atoms with van der Waals surface area (Å²) in [5.41, 5.74) is 13.6. The van der Waals surface area contributed by atoms with Gasteiger partial charge in [-0.15, -0.1) is 0 Å². The van der Waals surface area contributed by atoms with Gasteiger partial charge in [-0.3, -0.25) is 19.0 Å². The van der Waals surface area contributed by atoms with E-state index in [0.29, 0.717) is 88.7 Å². The molecule has 0 saturated carbocycles. The van der Waals surface area contributed by atoms with Crippen LogP contribution in [0.5, 0.6) is 0 Å². The Balaban J connectivity index is 0.000000215. The van der Waals surface area contributed by atoms with Gasteiger partial charge >= 0.3 is 12.2 Å². The maximum Gasteiger partial charge on any atom is 0.410 e. The first-order valence-electron chi connectivity index (χ1n) is 31.7. The maximum absolute atomic E-state index is 15.1. The molecule has 4 saturated heterocycles. The number of piperidine rings is 2. The number of aromatic nitrogens is 8. The first-order valence-corrected chi connectivity index (χ1v) is 33.0. The van der Waals surface area contributed by atoms with Crippen LogP contribution in [-0.4, -0.2) is 190 Å². The molecule has 4 aromatic heterocycles. The number of anilines is 3. The molecule has 0 spiro atoms. The average molecular weight is 1330 g/mol. The number of hydrogen-bond donors (Lipinski definition) is 3. The Labute approximate surface area is 556 Å². The number of nitrogens with zero attached hydrogens (tertiary/aromatic N) is 12. The lowest BCUT2D eigenvalue weighted by Crippen LogP contribution is -2.55. The number of rotatable bonds is 16. The number of carbonyl (C=O) groups excluding carboxylic acids is 4. The molecule has 506 valence electrons. The third-order valence-electron chi connectivity index (χ3n) is 15.6. The molecule has 4 aliphatic rings. The van der Waals surface area contributed by atoms with Crippen molar-refractivity contribution in [3.05, 3.63) is 113 Å².